The molecule has 1 amide bonds. The standard InChI is InChI=1S/C16H15N3O2S2/c20-7-6-19(11-12-3-1-5-17-9-12)16(21)14-10-18-15(23-14)13-4-2-8-22-13/h1-5,8-10,20H,6-7,11H2. The van der Waals surface area contributed by atoms with E-state index in [1.807, 2.05) is 29.6 Å². The molecule has 3 heterocycles. The van der Waals surface area contributed by atoms with Gasteiger partial charge < -0.3 is 10.0 Å². The van der Waals surface area contributed by atoms with Crippen LogP contribution in [-0.2, 0) is 6.54 Å². The van der Waals surface area contributed by atoms with E-state index in [0.717, 1.165) is 15.4 Å². The molecule has 118 valence electrons. The summed E-state index contributed by atoms with van der Waals surface area (Å²) >= 11 is 2.97. The fraction of sp³-hybridized carbons (Fsp3) is 0.188. The molecule has 0 atom stereocenters. The normalized spacial score (nSPS) is 10.7. The lowest BCUT2D eigenvalue weighted by molar-refractivity contribution is 0.0712. The molecule has 0 fully saturated rings. The van der Waals surface area contributed by atoms with Crippen LogP contribution in [0.4, 0.5) is 0 Å². The summed E-state index contributed by atoms with van der Waals surface area (Å²) in [5.41, 5.74) is 0.928. The molecule has 0 aliphatic heterocycles. The predicted octanol–water partition coefficient (Wildman–Crippen LogP) is 2.90. The number of rotatable bonds is 6. The number of hydrogen-bond donors (Lipinski definition) is 1. The molecule has 3 aromatic heterocycles. The van der Waals surface area contributed by atoms with E-state index >= 15 is 0 Å². The molecule has 0 bridgehead atoms. The second-order valence-electron chi connectivity index (χ2n) is 4.82. The van der Waals surface area contributed by atoms with E-state index in [1.54, 1.807) is 34.8 Å². The van der Waals surface area contributed by atoms with E-state index in [0.29, 0.717) is 11.4 Å². The molecule has 5 nitrogen and oxygen atoms in total. The maximum absolute atomic E-state index is 12.7. The summed E-state index contributed by atoms with van der Waals surface area (Å²) in [4.78, 5) is 24.3. The van der Waals surface area contributed by atoms with Gasteiger partial charge in [0.1, 0.15) is 9.88 Å². The topological polar surface area (TPSA) is 66.3 Å². The number of amides is 1. The molecule has 0 aliphatic carbocycles. The molecule has 0 aliphatic rings. The molecule has 0 radical (unpaired) electrons. The van der Waals surface area contributed by atoms with Crippen LogP contribution in [0.25, 0.3) is 9.88 Å². The Morgan fingerprint density at radius 3 is 2.87 bits per heavy atom. The van der Waals surface area contributed by atoms with Crippen LogP contribution in [0.15, 0.2) is 48.2 Å². The molecule has 0 aromatic carbocycles. The van der Waals surface area contributed by atoms with Gasteiger partial charge in [0.05, 0.1) is 17.7 Å². The highest BCUT2D eigenvalue weighted by molar-refractivity contribution is 7.21. The van der Waals surface area contributed by atoms with Gasteiger partial charge in [0.15, 0.2) is 0 Å². The van der Waals surface area contributed by atoms with Crippen molar-refractivity contribution in [2.75, 3.05) is 13.2 Å². The summed E-state index contributed by atoms with van der Waals surface area (Å²) in [5.74, 6) is -0.122. The first kappa shape index (κ1) is 15.8. The lowest BCUT2D eigenvalue weighted by Crippen LogP contribution is -2.32. The van der Waals surface area contributed by atoms with Gasteiger partial charge in [0, 0.05) is 25.5 Å². The van der Waals surface area contributed by atoms with Crippen LogP contribution in [-0.4, -0.2) is 39.0 Å². The second-order valence-corrected chi connectivity index (χ2v) is 6.80. The lowest BCUT2D eigenvalue weighted by Gasteiger charge is -2.20. The zero-order chi connectivity index (χ0) is 16.1. The summed E-state index contributed by atoms with van der Waals surface area (Å²) in [6, 6.07) is 7.69. The number of nitrogens with zero attached hydrogens (tertiary/aromatic N) is 3. The summed E-state index contributed by atoms with van der Waals surface area (Å²) < 4.78 is 0. The smallest absolute Gasteiger partial charge is 0.265 e. The van der Waals surface area contributed by atoms with Gasteiger partial charge in [-0.1, -0.05) is 12.1 Å². The third kappa shape index (κ3) is 3.82. The summed E-state index contributed by atoms with van der Waals surface area (Å²) in [7, 11) is 0. The minimum atomic E-state index is -0.122. The number of thiazole rings is 1. The molecular weight excluding hydrogens is 330 g/mol. The largest absolute Gasteiger partial charge is 0.395 e. The van der Waals surface area contributed by atoms with Crippen LogP contribution in [0, 0.1) is 0 Å². The highest BCUT2D eigenvalue weighted by Gasteiger charge is 2.19. The van der Waals surface area contributed by atoms with Crippen molar-refractivity contribution in [3.05, 3.63) is 58.7 Å². The molecule has 1 N–H and O–H groups in total. The van der Waals surface area contributed by atoms with E-state index in [-0.39, 0.29) is 19.1 Å². The maximum atomic E-state index is 12.7. The fourth-order valence-electron chi connectivity index (χ4n) is 2.13. The number of aromatic nitrogens is 2. The van der Waals surface area contributed by atoms with Gasteiger partial charge in [0.25, 0.3) is 5.91 Å². The highest BCUT2D eigenvalue weighted by Crippen LogP contribution is 2.29. The summed E-state index contributed by atoms with van der Waals surface area (Å²) in [5, 5.41) is 12.1. The van der Waals surface area contributed by atoms with Gasteiger partial charge in [0.2, 0.25) is 0 Å². The van der Waals surface area contributed by atoms with E-state index < -0.39 is 0 Å². The van der Waals surface area contributed by atoms with Crippen molar-refractivity contribution in [2.45, 2.75) is 6.54 Å². The first-order chi connectivity index (χ1) is 11.3. The third-order valence-corrected chi connectivity index (χ3v) is 5.23. The van der Waals surface area contributed by atoms with E-state index in [2.05, 4.69) is 9.97 Å². The average Bonchev–Trinajstić information content (AvgIpc) is 3.26. The van der Waals surface area contributed by atoms with Crippen LogP contribution in [0.2, 0.25) is 0 Å². The minimum Gasteiger partial charge on any atom is -0.395 e. The fourth-order valence-corrected chi connectivity index (χ4v) is 3.82. The van der Waals surface area contributed by atoms with Gasteiger partial charge in [-0.25, -0.2) is 4.98 Å². The molecule has 0 saturated heterocycles. The molecule has 23 heavy (non-hydrogen) atoms. The molecule has 0 unspecified atom stereocenters. The van der Waals surface area contributed by atoms with Gasteiger partial charge in [-0.15, -0.1) is 22.7 Å². The minimum absolute atomic E-state index is 0.0808. The lowest BCUT2D eigenvalue weighted by atomic mass is 10.2. The van der Waals surface area contributed by atoms with Crippen molar-refractivity contribution in [1.82, 2.24) is 14.9 Å². The SMILES string of the molecule is O=C(c1cnc(-c2cccs2)s1)N(CCO)Cc1cccnc1. The van der Waals surface area contributed by atoms with Gasteiger partial charge in [-0.2, -0.15) is 0 Å². The zero-order valence-electron chi connectivity index (χ0n) is 12.3. The Kier molecular flexibility index (Phi) is 5.12. The Balaban J connectivity index is 1.78. The average molecular weight is 345 g/mol. The highest BCUT2D eigenvalue weighted by atomic mass is 32.1. The first-order valence-corrected chi connectivity index (χ1v) is 8.76. The van der Waals surface area contributed by atoms with E-state index in [9.17, 15) is 9.90 Å². The Bertz CT molecular complexity index is 757. The molecule has 0 saturated carbocycles. The van der Waals surface area contributed by atoms with Gasteiger partial charge >= 0.3 is 0 Å². The monoisotopic (exact) mass is 345 g/mol. The van der Waals surface area contributed by atoms with Crippen molar-refractivity contribution >= 4 is 28.6 Å². The number of pyridine rings is 1. The summed E-state index contributed by atoms with van der Waals surface area (Å²) in [6.45, 7) is 0.613. The van der Waals surface area contributed by atoms with E-state index in [4.69, 9.17) is 0 Å². The van der Waals surface area contributed by atoms with Crippen molar-refractivity contribution in [3.63, 3.8) is 0 Å². The Morgan fingerprint density at radius 1 is 1.26 bits per heavy atom. The predicted molar refractivity (Wildman–Crippen MR) is 91.5 cm³/mol. The van der Waals surface area contributed by atoms with Crippen LogP contribution in [0.3, 0.4) is 0 Å². The number of aliphatic hydroxyl groups excluding tert-OH is 1. The van der Waals surface area contributed by atoms with Crippen LogP contribution < -0.4 is 0 Å². The Hall–Kier alpha value is -2.09. The van der Waals surface area contributed by atoms with Crippen molar-refractivity contribution in [1.29, 1.82) is 0 Å². The van der Waals surface area contributed by atoms with Crippen molar-refractivity contribution in [2.24, 2.45) is 0 Å². The van der Waals surface area contributed by atoms with Gasteiger partial charge in [-0.3, -0.25) is 9.78 Å². The number of thiophene rings is 1. The van der Waals surface area contributed by atoms with Crippen LogP contribution in [0.5, 0.6) is 0 Å². The third-order valence-electron chi connectivity index (χ3n) is 3.20. The second kappa shape index (κ2) is 7.45. The van der Waals surface area contributed by atoms with Crippen molar-refractivity contribution in [3.8, 4) is 9.88 Å². The molecule has 0 spiro atoms. The zero-order valence-corrected chi connectivity index (χ0v) is 13.9. The molecular formula is C16H15N3O2S2. The first-order valence-electron chi connectivity index (χ1n) is 7.06. The van der Waals surface area contributed by atoms with Crippen LogP contribution >= 0.6 is 22.7 Å². The number of carbonyl (C=O) groups is 1. The summed E-state index contributed by atoms with van der Waals surface area (Å²) in [6.07, 6.45) is 5.02. The molecule has 7 heteroatoms. The number of carbonyl (C=O) groups excluding carboxylic acids is 1. The van der Waals surface area contributed by atoms with Crippen molar-refractivity contribution < 1.29 is 9.90 Å². The quantitative estimate of drug-likeness (QED) is 0.746. The maximum Gasteiger partial charge on any atom is 0.265 e. The Morgan fingerprint density at radius 2 is 2.17 bits per heavy atom. The molecule has 3 rings (SSSR count). The number of hydrogen-bond acceptors (Lipinski definition) is 6. The van der Waals surface area contributed by atoms with Crippen LogP contribution in [0.1, 0.15) is 15.2 Å². The Labute approximate surface area is 141 Å². The molecule has 3 aromatic rings. The number of aliphatic hydroxyl groups is 1. The van der Waals surface area contributed by atoms with E-state index in [1.165, 1.54) is 11.3 Å². The van der Waals surface area contributed by atoms with Gasteiger partial charge in [-0.05, 0) is 23.1 Å².